The number of hydrogen-bond acceptors (Lipinski definition) is 4. The highest BCUT2D eigenvalue weighted by Gasteiger charge is 2.32. The van der Waals surface area contributed by atoms with Crippen molar-refractivity contribution >= 4 is 6.09 Å². The summed E-state index contributed by atoms with van der Waals surface area (Å²) in [6.45, 7) is 7.77. The standard InChI is InChI=1S/C18H25N5O2/c1-18(2,3)25-17(24)22-9-7-14-13(11-22)16-15-12(10-21(4)20-15)6-5-8-23(16)19-14/h10H,5-9,11H2,1-4H3. The monoisotopic (exact) mass is 343 g/mol. The molecular weight excluding hydrogens is 318 g/mol. The van der Waals surface area contributed by atoms with Crippen LogP contribution in [0.4, 0.5) is 4.79 Å². The first-order chi connectivity index (χ1) is 11.8. The van der Waals surface area contributed by atoms with Gasteiger partial charge in [0.15, 0.2) is 0 Å². The van der Waals surface area contributed by atoms with E-state index in [9.17, 15) is 4.79 Å². The zero-order valence-electron chi connectivity index (χ0n) is 15.4. The average Bonchev–Trinajstić information content (AvgIpc) is 3.00. The van der Waals surface area contributed by atoms with Crippen molar-refractivity contribution in [3.05, 3.63) is 23.0 Å². The molecule has 0 bridgehead atoms. The van der Waals surface area contributed by atoms with Crippen LogP contribution in [0.5, 0.6) is 0 Å². The second-order valence-electron chi connectivity index (χ2n) is 7.93. The summed E-state index contributed by atoms with van der Waals surface area (Å²) in [5.41, 5.74) is 5.09. The number of nitrogens with zero attached hydrogens (tertiary/aromatic N) is 5. The minimum absolute atomic E-state index is 0.257. The summed E-state index contributed by atoms with van der Waals surface area (Å²) in [6, 6.07) is 0. The van der Waals surface area contributed by atoms with Crippen LogP contribution in [-0.4, -0.2) is 42.7 Å². The molecule has 2 aromatic heterocycles. The van der Waals surface area contributed by atoms with E-state index in [0.29, 0.717) is 13.1 Å². The van der Waals surface area contributed by atoms with Gasteiger partial charge in [-0.1, -0.05) is 0 Å². The fraction of sp³-hybridized carbons (Fsp3) is 0.611. The smallest absolute Gasteiger partial charge is 0.410 e. The molecular formula is C18H25N5O2. The van der Waals surface area contributed by atoms with Crippen molar-refractivity contribution in [1.82, 2.24) is 24.5 Å². The van der Waals surface area contributed by atoms with E-state index in [1.54, 1.807) is 4.90 Å². The largest absolute Gasteiger partial charge is 0.444 e. The van der Waals surface area contributed by atoms with Gasteiger partial charge in [0.2, 0.25) is 0 Å². The molecule has 0 atom stereocenters. The van der Waals surface area contributed by atoms with Gasteiger partial charge in [-0.3, -0.25) is 9.36 Å². The first kappa shape index (κ1) is 16.2. The van der Waals surface area contributed by atoms with E-state index >= 15 is 0 Å². The van der Waals surface area contributed by atoms with Gasteiger partial charge in [0.25, 0.3) is 0 Å². The lowest BCUT2D eigenvalue weighted by Crippen LogP contribution is -2.39. The molecule has 2 aliphatic heterocycles. The van der Waals surface area contributed by atoms with E-state index < -0.39 is 5.60 Å². The average molecular weight is 343 g/mol. The van der Waals surface area contributed by atoms with Crippen molar-refractivity contribution in [3.63, 3.8) is 0 Å². The Kier molecular flexibility index (Phi) is 3.63. The molecule has 0 saturated carbocycles. The highest BCUT2D eigenvalue weighted by atomic mass is 16.6. The van der Waals surface area contributed by atoms with E-state index in [4.69, 9.17) is 9.84 Å². The Bertz CT molecular complexity index is 827. The summed E-state index contributed by atoms with van der Waals surface area (Å²) in [7, 11) is 1.95. The maximum absolute atomic E-state index is 12.5. The van der Waals surface area contributed by atoms with Gasteiger partial charge >= 0.3 is 6.09 Å². The summed E-state index contributed by atoms with van der Waals surface area (Å²) in [5.74, 6) is 0. The SMILES string of the molecule is Cn1cc2c(n1)-c1c3c(nn1CCC2)CCN(C(=O)OC(C)(C)C)C3. The third kappa shape index (κ3) is 2.92. The van der Waals surface area contributed by atoms with Crippen molar-refractivity contribution in [2.45, 2.75) is 58.7 Å². The Hall–Kier alpha value is -2.31. The second-order valence-corrected chi connectivity index (χ2v) is 7.93. The number of aromatic nitrogens is 4. The number of aryl methyl sites for hydroxylation is 3. The summed E-state index contributed by atoms with van der Waals surface area (Å²) < 4.78 is 9.51. The van der Waals surface area contributed by atoms with Crippen LogP contribution in [0.2, 0.25) is 0 Å². The number of fused-ring (bicyclic) bond motifs is 5. The van der Waals surface area contributed by atoms with Crippen LogP contribution in [0.3, 0.4) is 0 Å². The molecule has 4 heterocycles. The molecule has 1 amide bonds. The zero-order chi connectivity index (χ0) is 17.8. The Morgan fingerprint density at radius 1 is 1.20 bits per heavy atom. The zero-order valence-corrected chi connectivity index (χ0v) is 15.4. The lowest BCUT2D eigenvalue weighted by atomic mass is 10.0. The molecule has 7 heteroatoms. The van der Waals surface area contributed by atoms with E-state index in [1.807, 2.05) is 32.5 Å². The van der Waals surface area contributed by atoms with Gasteiger partial charge in [-0.2, -0.15) is 10.2 Å². The maximum Gasteiger partial charge on any atom is 0.410 e. The topological polar surface area (TPSA) is 65.2 Å². The lowest BCUT2D eigenvalue weighted by Gasteiger charge is -2.29. The van der Waals surface area contributed by atoms with Crippen molar-refractivity contribution in [2.24, 2.45) is 7.05 Å². The number of hydrogen-bond donors (Lipinski definition) is 0. The highest BCUT2D eigenvalue weighted by molar-refractivity contribution is 5.71. The van der Waals surface area contributed by atoms with Crippen LogP contribution in [-0.2, 0) is 37.7 Å². The molecule has 0 N–H and O–H groups in total. The molecule has 0 saturated heterocycles. The molecule has 0 unspecified atom stereocenters. The van der Waals surface area contributed by atoms with Gasteiger partial charge in [0.1, 0.15) is 11.3 Å². The maximum atomic E-state index is 12.5. The first-order valence-electron chi connectivity index (χ1n) is 8.91. The van der Waals surface area contributed by atoms with E-state index in [2.05, 4.69) is 16.0 Å². The van der Waals surface area contributed by atoms with Crippen LogP contribution >= 0.6 is 0 Å². The fourth-order valence-corrected chi connectivity index (χ4v) is 3.67. The molecule has 0 radical (unpaired) electrons. The van der Waals surface area contributed by atoms with E-state index in [-0.39, 0.29) is 6.09 Å². The minimum atomic E-state index is -0.485. The highest BCUT2D eigenvalue weighted by Crippen LogP contribution is 2.34. The second kappa shape index (κ2) is 5.61. The van der Waals surface area contributed by atoms with Gasteiger partial charge in [0.05, 0.1) is 17.9 Å². The molecule has 4 rings (SSSR count). The quantitative estimate of drug-likeness (QED) is 0.737. The molecule has 2 aliphatic rings. The van der Waals surface area contributed by atoms with Crippen molar-refractivity contribution in [1.29, 1.82) is 0 Å². The molecule has 0 spiro atoms. The van der Waals surface area contributed by atoms with Gasteiger partial charge in [-0.15, -0.1) is 0 Å². The minimum Gasteiger partial charge on any atom is -0.444 e. The molecule has 134 valence electrons. The summed E-state index contributed by atoms with van der Waals surface area (Å²) in [6.07, 6.45) is 4.67. The van der Waals surface area contributed by atoms with Crippen LogP contribution in [0.1, 0.15) is 44.0 Å². The number of ether oxygens (including phenoxy) is 1. The predicted molar refractivity (Wildman–Crippen MR) is 93.1 cm³/mol. The Labute approximate surface area is 147 Å². The van der Waals surface area contributed by atoms with Crippen LogP contribution in [0.15, 0.2) is 6.20 Å². The number of rotatable bonds is 0. The number of amides is 1. The summed E-state index contributed by atoms with van der Waals surface area (Å²) in [4.78, 5) is 14.3. The molecule has 0 aliphatic carbocycles. The molecule has 0 fully saturated rings. The summed E-state index contributed by atoms with van der Waals surface area (Å²) >= 11 is 0. The Morgan fingerprint density at radius 2 is 2.00 bits per heavy atom. The lowest BCUT2D eigenvalue weighted by molar-refractivity contribution is 0.0224. The first-order valence-corrected chi connectivity index (χ1v) is 8.91. The van der Waals surface area contributed by atoms with Crippen LogP contribution in [0, 0.1) is 0 Å². The number of carbonyl (C=O) groups excluding carboxylic acids is 1. The molecule has 2 aromatic rings. The third-order valence-electron chi connectivity index (χ3n) is 4.70. The van der Waals surface area contributed by atoms with Crippen molar-refractivity contribution in [2.75, 3.05) is 6.54 Å². The molecule has 25 heavy (non-hydrogen) atoms. The van der Waals surface area contributed by atoms with Crippen molar-refractivity contribution in [3.8, 4) is 11.4 Å². The van der Waals surface area contributed by atoms with Crippen LogP contribution in [0.25, 0.3) is 11.4 Å². The Morgan fingerprint density at radius 3 is 2.76 bits per heavy atom. The van der Waals surface area contributed by atoms with Crippen LogP contribution < -0.4 is 0 Å². The van der Waals surface area contributed by atoms with Crippen molar-refractivity contribution < 1.29 is 9.53 Å². The van der Waals surface area contributed by atoms with E-state index in [1.165, 1.54) is 5.56 Å². The molecule has 0 aromatic carbocycles. The summed E-state index contributed by atoms with van der Waals surface area (Å²) in [5, 5.41) is 9.50. The normalized spacial score (nSPS) is 16.7. The predicted octanol–water partition coefficient (Wildman–Crippen LogP) is 2.52. The van der Waals surface area contributed by atoms with Gasteiger partial charge < -0.3 is 9.64 Å². The molecule has 7 nitrogen and oxygen atoms in total. The van der Waals surface area contributed by atoms with Gasteiger partial charge in [-0.25, -0.2) is 4.79 Å². The van der Waals surface area contributed by atoms with E-state index in [0.717, 1.165) is 48.5 Å². The Balaban J connectivity index is 1.70. The third-order valence-corrected chi connectivity index (χ3v) is 4.70. The fourth-order valence-electron chi connectivity index (χ4n) is 3.67. The van der Waals surface area contributed by atoms with Gasteiger partial charge in [-0.05, 0) is 39.2 Å². The number of carbonyl (C=O) groups is 1. The van der Waals surface area contributed by atoms with Gasteiger partial charge in [0, 0.05) is 38.3 Å².